The van der Waals surface area contributed by atoms with Gasteiger partial charge in [0.05, 0.1) is 15.1 Å². The van der Waals surface area contributed by atoms with Gasteiger partial charge < -0.3 is 4.90 Å². The summed E-state index contributed by atoms with van der Waals surface area (Å²) in [6.45, 7) is 6.81. The van der Waals surface area contributed by atoms with Gasteiger partial charge in [-0.05, 0) is 49.5 Å². The summed E-state index contributed by atoms with van der Waals surface area (Å²) >= 11 is 7.24. The van der Waals surface area contributed by atoms with E-state index < -0.39 is 21.5 Å². The maximum absolute atomic E-state index is 13.1. The van der Waals surface area contributed by atoms with Crippen molar-refractivity contribution in [2.45, 2.75) is 18.7 Å². The Morgan fingerprint density at radius 3 is 2.29 bits per heavy atom. The van der Waals surface area contributed by atoms with E-state index in [0.717, 1.165) is 23.3 Å². The number of rotatable bonds is 9. The number of aromatic nitrogens is 1. The highest BCUT2D eigenvalue weighted by atomic mass is 35.5. The molecule has 10 heteroatoms. The maximum atomic E-state index is 13.1. The quantitative estimate of drug-likeness (QED) is 0.430. The zero-order valence-electron chi connectivity index (χ0n) is 17.3. The summed E-state index contributed by atoms with van der Waals surface area (Å²) in [5.74, 6) is -1.11. The molecule has 0 saturated carbocycles. The van der Waals surface area contributed by atoms with Gasteiger partial charge in [0.25, 0.3) is 0 Å². The van der Waals surface area contributed by atoms with Gasteiger partial charge in [0.15, 0.2) is 15.0 Å². The number of amides is 1. The lowest BCUT2D eigenvalue weighted by atomic mass is 10.3. The molecule has 0 atom stereocenters. The number of thiazole rings is 1. The van der Waals surface area contributed by atoms with Crippen molar-refractivity contribution in [2.24, 2.45) is 0 Å². The molecule has 0 radical (unpaired) electrons. The lowest BCUT2D eigenvalue weighted by molar-refractivity contribution is -0.116. The Bertz CT molecular complexity index is 1080. The number of carbonyl (C=O) groups excluding carboxylic acids is 1. The highest BCUT2D eigenvalue weighted by molar-refractivity contribution is 7.92. The normalized spacial score (nSPS) is 11.5. The molecule has 31 heavy (non-hydrogen) atoms. The molecular weight excluding hydrogens is 477 g/mol. The van der Waals surface area contributed by atoms with Gasteiger partial charge in [-0.25, -0.2) is 13.4 Å². The van der Waals surface area contributed by atoms with E-state index in [-0.39, 0.29) is 17.3 Å². The Balaban J connectivity index is 0.00000341. The molecule has 3 rings (SSSR count). The second-order valence-corrected chi connectivity index (χ2v) is 10.2. The van der Waals surface area contributed by atoms with Crippen molar-refractivity contribution in [3.05, 3.63) is 53.6 Å². The zero-order valence-corrected chi connectivity index (χ0v) is 20.5. The molecule has 0 fully saturated rings. The van der Waals surface area contributed by atoms with E-state index in [1.54, 1.807) is 0 Å². The number of sulfone groups is 1. The molecule has 0 N–H and O–H groups in total. The lowest BCUT2D eigenvalue weighted by Crippen LogP contribution is -2.41. The van der Waals surface area contributed by atoms with Crippen LogP contribution < -0.4 is 4.90 Å². The number of carbonyl (C=O) groups is 1. The van der Waals surface area contributed by atoms with Gasteiger partial charge in [0.1, 0.15) is 5.75 Å². The van der Waals surface area contributed by atoms with Crippen LogP contribution in [0.2, 0.25) is 5.02 Å². The molecule has 0 unspecified atom stereocenters. The van der Waals surface area contributed by atoms with Gasteiger partial charge >= 0.3 is 0 Å². The monoisotopic (exact) mass is 501 g/mol. The molecule has 1 amide bonds. The fourth-order valence-electron chi connectivity index (χ4n) is 3.05. The SMILES string of the molecule is CCN(CC)CCN(C(=O)CS(=O)(=O)c1ccc(Cl)cc1)c1nc2ccccc2s1.Cl. The molecule has 0 aliphatic heterocycles. The molecule has 1 heterocycles. The molecule has 0 spiro atoms. The fourth-order valence-corrected chi connectivity index (χ4v) is 5.38. The van der Waals surface area contributed by atoms with Crippen LogP contribution in [0.15, 0.2) is 53.4 Å². The van der Waals surface area contributed by atoms with Crippen molar-refractivity contribution in [3.8, 4) is 0 Å². The topological polar surface area (TPSA) is 70.6 Å². The summed E-state index contributed by atoms with van der Waals surface area (Å²) in [6.07, 6.45) is 0. The minimum absolute atomic E-state index is 0. The van der Waals surface area contributed by atoms with Crippen LogP contribution in [0.3, 0.4) is 0 Å². The predicted octanol–water partition coefficient (Wildman–Crippen LogP) is 4.52. The molecule has 2 aromatic carbocycles. The van der Waals surface area contributed by atoms with E-state index in [0.29, 0.717) is 23.2 Å². The number of nitrogens with zero attached hydrogens (tertiary/aromatic N) is 3. The second kappa shape index (κ2) is 11.2. The van der Waals surface area contributed by atoms with Crippen LogP contribution >= 0.6 is 35.3 Å². The van der Waals surface area contributed by atoms with Crippen LogP contribution in [0.1, 0.15) is 13.8 Å². The van der Waals surface area contributed by atoms with Crippen LogP contribution in [0.5, 0.6) is 0 Å². The van der Waals surface area contributed by atoms with E-state index in [1.165, 1.54) is 40.5 Å². The molecule has 0 bridgehead atoms. The first-order valence-electron chi connectivity index (χ1n) is 9.70. The number of fused-ring (bicyclic) bond motifs is 1. The average molecular weight is 502 g/mol. The maximum Gasteiger partial charge on any atom is 0.244 e. The Labute approximate surface area is 198 Å². The lowest BCUT2D eigenvalue weighted by Gasteiger charge is -2.24. The summed E-state index contributed by atoms with van der Waals surface area (Å²) < 4.78 is 26.5. The van der Waals surface area contributed by atoms with Crippen molar-refractivity contribution in [3.63, 3.8) is 0 Å². The van der Waals surface area contributed by atoms with Gasteiger partial charge in [0, 0.05) is 18.1 Å². The first-order valence-corrected chi connectivity index (χ1v) is 12.6. The van der Waals surface area contributed by atoms with Gasteiger partial charge in [-0.2, -0.15) is 0 Å². The van der Waals surface area contributed by atoms with Crippen molar-refractivity contribution in [1.82, 2.24) is 9.88 Å². The zero-order chi connectivity index (χ0) is 21.7. The Hall–Kier alpha value is -1.71. The molecule has 1 aromatic heterocycles. The van der Waals surface area contributed by atoms with Crippen LogP contribution in [0, 0.1) is 0 Å². The third kappa shape index (κ3) is 6.40. The molecule has 168 valence electrons. The number of likely N-dealkylation sites (N-methyl/N-ethyl adjacent to an activating group) is 1. The standard InChI is InChI=1S/C21H24ClN3O3S2.ClH/c1-3-24(4-2)13-14-25(21-23-18-7-5-6-8-19(18)29-21)20(26)15-30(27,28)17-11-9-16(22)10-12-17;/h5-12H,3-4,13-15H2,1-2H3;1H. The molecular formula is C21H25Cl2N3O3S2. The van der Waals surface area contributed by atoms with Crippen molar-refractivity contribution >= 4 is 66.4 Å². The van der Waals surface area contributed by atoms with Crippen molar-refractivity contribution in [2.75, 3.05) is 36.8 Å². The number of anilines is 1. The third-order valence-electron chi connectivity index (χ3n) is 4.84. The number of hydrogen-bond acceptors (Lipinski definition) is 6. The molecule has 0 aliphatic carbocycles. The minimum Gasteiger partial charge on any atom is -0.302 e. The summed E-state index contributed by atoms with van der Waals surface area (Å²) in [6, 6.07) is 13.5. The summed E-state index contributed by atoms with van der Waals surface area (Å²) in [7, 11) is -3.80. The van der Waals surface area contributed by atoms with Crippen LogP contribution in [0.4, 0.5) is 5.13 Å². The number of hydrogen-bond donors (Lipinski definition) is 0. The number of benzene rings is 2. The van der Waals surface area contributed by atoms with Gasteiger partial charge in [-0.15, -0.1) is 12.4 Å². The van der Waals surface area contributed by atoms with Crippen molar-refractivity contribution < 1.29 is 13.2 Å². The molecule has 3 aromatic rings. The smallest absolute Gasteiger partial charge is 0.244 e. The largest absolute Gasteiger partial charge is 0.302 e. The van der Waals surface area contributed by atoms with Gasteiger partial charge in [-0.3, -0.25) is 9.69 Å². The summed E-state index contributed by atoms with van der Waals surface area (Å²) in [5.41, 5.74) is 0.790. The predicted molar refractivity (Wildman–Crippen MR) is 131 cm³/mol. The number of halogens is 2. The third-order valence-corrected chi connectivity index (χ3v) is 7.76. The minimum atomic E-state index is -3.80. The molecule has 0 aliphatic rings. The van der Waals surface area contributed by atoms with Crippen LogP contribution in [0.25, 0.3) is 10.2 Å². The van der Waals surface area contributed by atoms with Gasteiger partial charge in [0.2, 0.25) is 5.91 Å². The van der Waals surface area contributed by atoms with Gasteiger partial charge in [-0.1, -0.05) is 48.9 Å². The number of para-hydroxylation sites is 1. The van der Waals surface area contributed by atoms with Crippen LogP contribution in [-0.4, -0.2) is 56.1 Å². The Morgan fingerprint density at radius 2 is 1.68 bits per heavy atom. The van der Waals surface area contributed by atoms with E-state index in [4.69, 9.17) is 11.6 Å². The highest BCUT2D eigenvalue weighted by Crippen LogP contribution is 2.29. The highest BCUT2D eigenvalue weighted by Gasteiger charge is 2.26. The first-order chi connectivity index (χ1) is 14.3. The molecule has 6 nitrogen and oxygen atoms in total. The Morgan fingerprint density at radius 1 is 1.03 bits per heavy atom. The summed E-state index contributed by atoms with van der Waals surface area (Å²) in [4.78, 5) is 21.5. The van der Waals surface area contributed by atoms with E-state index in [9.17, 15) is 13.2 Å². The van der Waals surface area contributed by atoms with E-state index in [1.807, 2.05) is 24.3 Å². The Kier molecular flexibility index (Phi) is 9.27. The summed E-state index contributed by atoms with van der Waals surface area (Å²) in [5, 5.41) is 0.954. The van der Waals surface area contributed by atoms with E-state index in [2.05, 4.69) is 23.7 Å². The first kappa shape index (κ1) is 25.5. The fraction of sp³-hybridized carbons (Fsp3) is 0.333. The molecule has 0 saturated heterocycles. The van der Waals surface area contributed by atoms with E-state index >= 15 is 0 Å². The second-order valence-electron chi connectivity index (χ2n) is 6.75. The van der Waals surface area contributed by atoms with Crippen LogP contribution in [-0.2, 0) is 14.6 Å². The van der Waals surface area contributed by atoms with Crippen molar-refractivity contribution in [1.29, 1.82) is 0 Å². The average Bonchev–Trinajstić information content (AvgIpc) is 3.15.